The summed E-state index contributed by atoms with van der Waals surface area (Å²) in [4.78, 5) is 11.3. The first-order valence-electron chi connectivity index (χ1n) is 5.58. The average Bonchev–Trinajstić information content (AvgIpc) is 3.15. The number of carbonyl (C=O) groups is 1. The summed E-state index contributed by atoms with van der Waals surface area (Å²) in [7, 11) is 0. The molecule has 1 aliphatic carbocycles. The van der Waals surface area contributed by atoms with E-state index in [0.29, 0.717) is 0 Å². The van der Waals surface area contributed by atoms with Crippen molar-refractivity contribution in [2.45, 2.75) is 19.3 Å². The molecule has 1 unspecified atom stereocenters. The Morgan fingerprint density at radius 3 is 2.00 bits per heavy atom. The molecule has 0 heterocycles. The first kappa shape index (κ1) is 13.8. The zero-order chi connectivity index (χ0) is 14.3. The van der Waals surface area contributed by atoms with Crippen molar-refractivity contribution in [3.63, 3.8) is 0 Å². The summed E-state index contributed by atoms with van der Waals surface area (Å²) < 4.78 is 70.3. The summed E-state index contributed by atoms with van der Waals surface area (Å²) in [5.41, 5.74) is -0.936. The van der Waals surface area contributed by atoms with Gasteiger partial charge < -0.3 is 4.74 Å². The highest BCUT2D eigenvalue weighted by Crippen LogP contribution is 2.50. The molecule has 0 saturated heterocycles. The normalized spacial score (nSPS) is 21.4. The van der Waals surface area contributed by atoms with Crippen LogP contribution in [-0.2, 0) is 9.53 Å². The summed E-state index contributed by atoms with van der Waals surface area (Å²) in [6.45, 7) is 1.63. The molecule has 1 aromatic carbocycles. The summed E-state index contributed by atoms with van der Waals surface area (Å²) in [6, 6.07) is 0. The second-order valence-corrected chi connectivity index (χ2v) is 4.18. The quantitative estimate of drug-likeness (QED) is 0.368. The van der Waals surface area contributed by atoms with Crippen molar-refractivity contribution in [1.29, 1.82) is 0 Å². The smallest absolute Gasteiger partial charge is 0.309 e. The molecule has 0 N–H and O–H groups in total. The summed E-state index contributed by atoms with van der Waals surface area (Å²) >= 11 is 0. The van der Waals surface area contributed by atoms with E-state index in [9.17, 15) is 26.7 Å². The van der Waals surface area contributed by atoms with E-state index >= 15 is 0 Å². The molecule has 104 valence electrons. The maximum atomic E-state index is 13.4. The predicted molar refractivity (Wildman–Crippen MR) is 53.7 cm³/mol. The second-order valence-electron chi connectivity index (χ2n) is 4.18. The fourth-order valence-corrected chi connectivity index (χ4v) is 1.97. The lowest BCUT2D eigenvalue weighted by Gasteiger charge is -2.07. The van der Waals surface area contributed by atoms with Crippen molar-refractivity contribution in [2.24, 2.45) is 5.92 Å². The minimum absolute atomic E-state index is 0.0111. The lowest BCUT2D eigenvalue weighted by atomic mass is 10.1. The number of hydrogen-bond acceptors (Lipinski definition) is 2. The third-order valence-electron chi connectivity index (χ3n) is 2.99. The minimum atomic E-state index is -2.20. The van der Waals surface area contributed by atoms with E-state index in [1.807, 2.05) is 0 Å². The molecule has 0 spiro atoms. The van der Waals surface area contributed by atoms with Crippen molar-refractivity contribution in [2.75, 3.05) is 6.61 Å². The van der Waals surface area contributed by atoms with Crippen LogP contribution in [0.25, 0.3) is 0 Å². The standard InChI is InChI=1S/C12H9F5O2/c1-2-19-12(18)5-3-4(5)6-7(13)9(15)11(17)10(16)8(6)14/h4-5H,2-3H2,1H3/t4-,5?/m0/s1. The van der Waals surface area contributed by atoms with Gasteiger partial charge in [-0.1, -0.05) is 0 Å². The maximum Gasteiger partial charge on any atom is 0.309 e. The Labute approximate surface area is 105 Å². The number of halogens is 5. The van der Waals surface area contributed by atoms with Gasteiger partial charge in [0.05, 0.1) is 12.5 Å². The van der Waals surface area contributed by atoms with Crippen LogP contribution in [0, 0.1) is 35.0 Å². The van der Waals surface area contributed by atoms with Gasteiger partial charge in [0.25, 0.3) is 0 Å². The van der Waals surface area contributed by atoms with Crippen LogP contribution in [0.1, 0.15) is 24.8 Å². The molecule has 0 amide bonds. The first-order chi connectivity index (χ1) is 8.90. The number of rotatable bonds is 3. The van der Waals surface area contributed by atoms with Crippen molar-refractivity contribution in [1.82, 2.24) is 0 Å². The average molecular weight is 280 g/mol. The van der Waals surface area contributed by atoms with E-state index in [1.165, 1.54) is 0 Å². The highest BCUT2D eigenvalue weighted by atomic mass is 19.2. The van der Waals surface area contributed by atoms with Gasteiger partial charge in [-0.15, -0.1) is 0 Å². The second kappa shape index (κ2) is 4.79. The van der Waals surface area contributed by atoms with Crippen LogP contribution in [-0.4, -0.2) is 12.6 Å². The van der Waals surface area contributed by atoms with Crippen LogP contribution < -0.4 is 0 Å². The van der Waals surface area contributed by atoms with Crippen LogP contribution in [0.15, 0.2) is 0 Å². The van der Waals surface area contributed by atoms with Crippen LogP contribution in [0.5, 0.6) is 0 Å². The molecule has 0 radical (unpaired) electrons. The largest absolute Gasteiger partial charge is 0.466 e. The van der Waals surface area contributed by atoms with Gasteiger partial charge in [-0.2, -0.15) is 0 Å². The molecule has 1 saturated carbocycles. The van der Waals surface area contributed by atoms with Gasteiger partial charge in [-0.25, -0.2) is 22.0 Å². The molecular formula is C12H9F5O2. The van der Waals surface area contributed by atoms with Gasteiger partial charge in [0.2, 0.25) is 5.82 Å². The van der Waals surface area contributed by atoms with Crippen molar-refractivity contribution in [3.8, 4) is 0 Å². The van der Waals surface area contributed by atoms with Crippen LogP contribution >= 0.6 is 0 Å². The number of ether oxygens (including phenoxy) is 1. The molecule has 0 aliphatic heterocycles. The fraction of sp³-hybridized carbons (Fsp3) is 0.417. The fourth-order valence-electron chi connectivity index (χ4n) is 1.97. The van der Waals surface area contributed by atoms with Gasteiger partial charge in [-0.3, -0.25) is 4.79 Å². The molecule has 1 aliphatic rings. The Hall–Kier alpha value is -1.66. The van der Waals surface area contributed by atoms with Crippen molar-refractivity contribution < 1.29 is 31.5 Å². The molecule has 0 bridgehead atoms. The van der Waals surface area contributed by atoms with E-state index in [4.69, 9.17) is 0 Å². The monoisotopic (exact) mass is 280 g/mol. The van der Waals surface area contributed by atoms with Gasteiger partial charge in [-0.05, 0) is 13.3 Å². The SMILES string of the molecule is CCOC(=O)C1C[C@@H]1c1c(F)c(F)c(F)c(F)c1F. The van der Waals surface area contributed by atoms with E-state index < -0.39 is 52.5 Å². The number of hydrogen-bond donors (Lipinski definition) is 0. The summed E-state index contributed by atoms with van der Waals surface area (Å²) in [5, 5.41) is 0. The minimum Gasteiger partial charge on any atom is -0.466 e. The molecule has 1 fully saturated rings. The van der Waals surface area contributed by atoms with Crippen molar-refractivity contribution >= 4 is 5.97 Å². The van der Waals surface area contributed by atoms with Gasteiger partial charge in [0.15, 0.2) is 23.3 Å². The lowest BCUT2D eigenvalue weighted by molar-refractivity contribution is -0.144. The number of benzene rings is 1. The van der Waals surface area contributed by atoms with E-state index in [1.54, 1.807) is 6.92 Å². The zero-order valence-corrected chi connectivity index (χ0v) is 9.78. The summed E-state index contributed by atoms with van der Waals surface area (Å²) in [6.07, 6.45) is 0.0111. The number of esters is 1. The Morgan fingerprint density at radius 1 is 1.05 bits per heavy atom. The number of carbonyl (C=O) groups excluding carboxylic acids is 1. The highest BCUT2D eigenvalue weighted by molar-refractivity contribution is 5.77. The zero-order valence-electron chi connectivity index (χ0n) is 9.78. The molecular weight excluding hydrogens is 271 g/mol. The summed E-state index contributed by atoms with van der Waals surface area (Å²) in [5.74, 6) is -12.5. The topological polar surface area (TPSA) is 26.3 Å². The highest BCUT2D eigenvalue weighted by Gasteiger charge is 2.49. The van der Waals surface area contributed by atoms with Crippen LogP contribution in [0.2, 0.25) is 0 Å². The Kier molecular flexibility index (Phi) is 3.47. The first-order valence-corrected chi connectivity index (χ1v) is 5.58. The molecule has 1 aromatic rings. The van der Waals surface area contributed by atoms with E-state index in [-0.39, 0.29) is 13.0 Å². The molecule has 0 aromatic heterocycles. The van der Waals surface area contributed by atoms with Gasteiger partial charge >= 0.3 is 5.97 Å². The Balaban J connectivity index is 2.36. The van der Waals surface area contributed by atoms with Crippen LogP contribution in [0.3, 0.4) is 0 Å². The third kappa shape index (κ3) is 2.17. The predicted octanol–water partition coefficient (Wildman–Crippen LogP) is 3.05. The van der Waals surface area contributed by atoms with Crippen molar-refractivity contribution in [3.05, 3.63) is 34.6 Å². The molecule has 2 rings (SSSR count). The third-order valence-corrected chi connectivity index (χ3v) is 2.99. The van der Waals surface area contributed by atoms with E-state index in [0.717, 1.165) is 0 Å². The molecule has 7 heteroatoms. The lowest BCUT2D eigenvalue weighted by Crippen LogP contribution is -2.10. The van der Waals surface area contributed by atoms with Crippen LogP contribution in [0.4, 0.5) is 22.0 Å². The Morgan fingerprint density at radius 2 is 1.53 bits per heavy atom. The Bertz CT molecular complexity index is 514. The van der Waals surface area contributed by atoms with Gasteiger partial charge in [0.1, 0.15) is 0 Å². The molecule has 19 heavy (non-hydrogen) atoms. The van der Waals surface area contributed by atoms with Gasteiger partial charge in [0, 0.05) is 11.5 Å². The van der Waals surface area contributed by atoms with E-state index in [2.05, 4.69) is 4.74 Å². The molecule has 2 atom stereocenters. The molecule has 2 nitrogen and oxygen atoms in total. The maximum absolute atomic E-state index is 13.4.